The standard InChI is InChI=1S/C25H39N7O3/c1-18-16-26-17-23(29-18)31-22(25(34)35)10-14-32(15-12-27-19(2)33)13-4-3-7-21-9-8-20-6-5-11-28-24(20)30-21/h8-9,16-17,22,25,34-35H,3-7,10-15H2,1-2H3,(H,27,33)(H,28,30)(H,29,31)/t22-/m0/s1. The molecule has 0 unspecified atom stereocenters. The maximum absolute atomic E-state index is 11.3. The lowest BCUT2D eigenvalue weighted by atomic mass is 10.1. The number of aryl methyl sites for hydroxylation is 3. The molecule has 1 aliphatic heterocycles. The van der Waals surface area contributed by atoms with E-state index in [4.69, 9.17) is 4.98 Å². The lowest BCUT2D eigenvalue weighted by molar-refractivity contribution is -0.119. The van der Waals surface area contributed by atoms with Crippen LogP contribution >= 0.6 is 0 Å². The second-order valence-corrected chi connectivity index (χ2v) is 9.12. The first-order valence-corrected chi connectivity index (χ1v) is 12.5. The molecule has 5 N–H and O–H groups in total. The zero-order chi connectivity index (χ0) is 25.0. The van der Waals surface area contributed by atoms with Gasteiger partial charge in [-0.1, -0.05) is 6.07 Å². The molecule has 0 saturated carbocycles. The Morgan fingerprint density at radius 1 is 1.17 bits per heavy atom. The molecule has 3 rings (SSSR count). The van der Waals surface area contributed by atoms with E-state index in [-0.39, 0.29) is 5.91 Å². The van der Waals surface area contributed by atoms with E-state index in [2.05, 4.69) is 43.0 Å². The topological polar surface area (TPSA) is 136 Å². The van der Waals surface area contributed by atoms with Gasteiger partial charge in [0.2, 0.25) is 5.91 Å². The van der Waals surface area contributed by atoms with Crippen molar-refractivity contribution in [3.05, 3.63) is 41.5 Å². The molecule has 0 spiro atoms. The Bertz CT molecular complexity index is 941. The van der Waals surface area contributed by atoms with E-state index in [1.165, 1.54) is 12.5 Å². The number of hydrogen-bond acceptors (Lipinski definition) is 9. The minimum atomic E-state index is -1.53. The third-order valence-electron chi connectivity index (χ3n) is 6.12. The van der Waals surface area contributed by atoms with Gasteiger partial charge in [-0.05, 0) is 63.6 Å². The van der Waals surface area contributed by atoms with E-state index < -0.39 is 12.3 Å². The first-order valence-electron chi connectivity index (χ1n) is 12.5. The Balaban J connectivity index is 1.49. The quantitative estimate of drug-likeness (QED) is 0.199. The number of hydrogen-bond donors (Lipinski definition) is 5. The third kappa shape index (κ3) is 9.39. The summed E-state index contributed by atoms with van der Waals surface area (Å²) in [7, 11) is 0. The number of pyridine rings is 1. The van der Waals surface area contributed by atoms with Crippen molar-refractivity contribution in [1.82, 2.24) is 25.2 Å². The molecule has 1 atom stereocenters. The smallest absolute Gasteiger partial charge is 0.216 e. The van der Waals surface area contributed by atoms with Crippen LogP contribution < -0.4 is 16.0 Å². The van der Waals surface area contributed by atoms with E-state index >= 15 is 0 Å². The molecular weight excluding hydrogens is 446 g/mol. The Morgan fingerprint density at radius 2 is 2.03 bits per heavy atom. The molecule has 0 aliphatic carbocycles. The molecule has 35 heavy (non-hydrogen) atoms. The van der Waals surface area contributed by atoms with Crippen LogP contribution in [0.5, 0.6) is 0 Å². The molecule has 192 valence electrons. The number of nitrogens with zero attached hydrogens (tertiary/aromatic N) is 4. The molecule has 2 aromatic rings. The summed E-state index contributed by atoms with van der Waals surface area (Å²) in [4.78, 5) is 26.8. The average molecular weight is 486 g/mol. The van der Waals surface area contributed by atoms with Gasteiger partial charge in [-0.3, -0.25) is 9.78 Å². The molecule has 0 aromatic carbocycles. The van der Waals surface area contributed by atoms with E-state index in [0.29, 0.717) is 31.9 Å². The zero-order valence-corrected chi connectivity index (χ0v) is 20.8. The van der Waals surface area contributed by atoms with E-state index in [9.17, 15) is 15.0 Å². The van der Waals surface area contributed by atoms with Crippen molar-refractivity contribution in [3.8, 4) is 0 Å². The predicted molar refractivity (Wildman–Crippen MR) is 136 cm³/mol. The van der Waals surface area contributed by atoms with Gasteiger partial charge in [-0.2, -0.15) is 0 Å². The normalized spacial score (nSPS) is 13.9. The number of carbonyl (C=O) groups excluding carboxylic acids is 1. The molecule has 0 radical (unpaired) electrons. The van der Waals surface area contributed by atoms with Crippen LogP contribution in [0.25, 0.3) is 0 Å². The Labute approximate surface area is 207 Å². The predicted octanol–water partition coefficient (Wildman–Crippen LogP) is 1.48. The molecule has 10 heteroatoms. The second-order valence-electron chi connectivity index (χ2n) is 9.12. The van der Waals surface area contributed by atoms with Gasteiger partial charge in [0, 0.05) is 45.0 Å². The Kier molecular flexibility index (Phi) is 10.6. The van der Waals surface area contributed by atoms with Gasteiger partial charge in [0.1, 0.15) is 11.6 Å². The highest BCUT2D eigenvalue weighted by molar-refractivity contribution is 5.72. The second kappa shape index (κ2) is 13.9. The zero-order valence-electron chi connectivity index (χ0n) is 20.8. The minimum absolute atomic E-state index is 0.0552. The lowest BCUT2D eigenvalue weighted by Crippen LogP contribution is -2.40. The van der Waals surface area contributed by atoms with E-state index in [1.54, 1.807) is 12.4 Å². The van der Waals surface area contributed by atoms with Crippen LogP contribution in [-0.2, 0) is 17.6 Å². The lowest BCUT2D eigenvalue weighted by Gasteiger charge is -2.27. The van der Waals surface area contributed by atoms with Crippen LogP contribution in [0.4, 0.5) is 11.6 Å². The van der Waals surface area contributed by atoms with Crippen molar-refractivity contribution < 1.29 is 15.0 Å². The number of aliphatic hydroxyl groups is 2. The number of aliphatic hydroxyl groups excluding tert-OH is 1. The van der Waals surface area contributed by atoms with E-state index in [0.717, 1.165) is 62.4 Å². The fraction of sp³-hybridized carbons (Fsp3) is 0.600. The summed E-state index contributed by atoms with van der Waals surface area (Å²) in [5.74, 6) is 1.49. The van der Waals surface area contributed by atoms with Crippen LogP contribution in [0.3, 0.4) is 0 Å². The Hall–Kier alpha value is -2.82. The minimum Gasteiger partial charge on any atom is -0.370 e. The number of amides is 1. The molecule has 1 amide bonds. The van der Waals surface area contributed by atoms with E-state index in [1.807, 2.05) is 6.92 Å². The highest BCUT2D eigenvalue weighted by atomic mass is 16.5. The van der Waals surface area contributed by atoms with Crippen molar-refractivity contribution in [1.29, 1.82) is 0 Å². The van der Waals surface area contributed by atoms with Crippen LogP contribution in [0, 0.1) is 6.92 Å². The fourth-order valence-corrected chi connectivity index (χ4v) is 4.22. The summed E-state index contributed by atoms with van der Waals surface area (Å²) in [5, 5.41) is 29.1. The fourth-order valence-electron chi connectivity index (χ4n) is 4.22. The van der Waals surface area contributed by atoms with Crippen LogP contribution in [-0.4, -0.2) is 81.0 Å². The summed E-state index contributed by atoms with van der Waals surface area (Å²) in [6.45, 7) is 7.08. The molecule has 0 fully saturated rings. The van der Waals surface area contributed by atoms with Gasteiger partial charge in [-0.15, -0.1) is 0 Å². The molecule has 2 aromatic heterocycles. The van der Waals surface area contributed by atoms with Crippen LogP contribution in [0.2, 0.25) is 0 Å². The first-order chi connectivity index (χ1) is 16.9. The van der Waals surface area contributed by atoms with Gasteiger partial charge >= 0.3 is 0 Å². The largest absolute Gasteiger partial charge is 0.370 e. The molecule has 1 aliphatic rings. The van der Waals surface area contributed by atoms with Gasteiger partial charge in [0.15, 0.2) is 6.29 Å². The van der Waals surface area contributed by atoms with Crippen molar-refractivity contribution >= 4 is 17.5 Å². The average Bonchev–Trinajstić information content (AvgIpc) is 2.83. The summed E-state index contributed by atoms with van der Waals surface area (Å²) >= 11 is 0. The summed E-state index contributed by atoms with van der Waals surface area (Å²) < 4.78 is 0. The monoisotopic (exact) mass is 485 g/mol. The van der Waals surface area contributed by atoms with Crippen LogP contribution in [0.15, 0.2) is 24.5 Å². The summed E-state index contributed by atoms with van der Waals surface area (Å²) in [6, 6.07) is 3.74. The number of carbonyl (C=O) groups is 1. The van der Waals surface area contributed by atoms with Gasteiger partial charge < -0.3 is 31.1 Å². The van der Waals surface area contributed by atoms with Crippen molar-refractivity contribution in [3.63, 3.8) is 0 Å². The number of unbranched alkanes of at least 4 members (excludes halogenated alkanes) is 1. The Morgan fingerprint density at radius 3 is 2.80 bits per heavy atom. The van der Waals surface area contributed by atoms with Crippen molar-refractivity contribution in [2.24, 2.45) is 0 Å². The van der Waals surface area contributed by atoms with Gasteiger partial charge in [0.25, 0.3) is 0 Å². The maximum Gasteiger partial charge on any atom is 0.216 e. The van der Waals surface area contributed by atoms with Gasteiger partial charge in [0.05, 0.1) is 17.9 Å². The number of aromatic nitrogens is 3. The molecule has 0 bridgehead atoms. The highest BCUT2D eigenvalue weighted by Gasteiger charge is 2.19. The van der Waals surface area contributed by atoms with Crippen molar-refractivity contribution in [2.75, 3.05) is 43.4 Å². The van der Waals surface area contributed by atoms with Gasteiger partial charge in [-0.25, -0.2) is 9.97 Å². The summed E-state index contributed by atoms with van der Waals surface area (Å²) in [5.41, 5.74) is 3.16. The van der Waals surface area contributed by atoms with Crippen LogP contribution in [0.1, 0.15) is 49.6 Å². The first kappa shape index (κ1) is 26.8. The number of nitrogens with one attached hydrogen (secondary N) is 3. The molecule has 0 saturated heterocycles. The van der Waals surface area contributed by atoms with Crippen molar-refractivity contribution in [2.45, 2.75) is 64.7 Å². The summed E-state index contributed by atoms with van der Waals surface area (Å²) in [6.07, 6.45) is 7.35. The molecule has 10 nitrogen and oxygen atoms in total. The maximum atomic E-state index is 11.3. The molecule has 3 heterocycles. The molecular formula is C25H39N7O3. The highest BCUT2D eigenvalue weighted by Crippen LogP contribution is 2.20. The SMILES string of the molecule is CC(=O)NCCN(CCCCc1ccc2c(n1)NCCC2)CC[C@H](Nc1cncc(C)n1)C(O)O. The number of anilines is 2. The number of fused-ring (bicyclic) bond motifs is 1. The third-order valence-corrected chi connectivity index (χ3v) is 6.12. The number of rotatable bonds is 14.